The zero-order valence-electron chi connectivity index (χ0n) is 8.45. The minimum Gasteiger partial charge on any atom is -0.477 e. The van der Waals surface area contributed by atoms with Crippen molar-refractivity contribution in [3.05, 3.63) is 23.4 Å². The van der Waals surface area contributed by atoms with E-state index in [1.807, 2.05) is 6.92 Å². The molecule has 0 unspecified atom stereocenters. The number of nitrogens with one attached hydrogen (secondary N) is 1. The fourth-order valence-electron chi connectivity index (χ4n) is 1.13. The van der Waals surface area contributed by atoms with Gasteiger partial charge in [0.25, 0.3) is 0 Å². The van der Waals surface area contributed by atoms with Gasteiger partial charge in [0.1, 0.15) is 5.82 Å². The van der Waals surface area contributed by atoms with Crippen LogP contribution in [0.2, 0.25) is 0 Å². The van der Waals surface area contributed by atoms with Crippen molar-refractivity contribution in [3.8, 4) is 12.3 Å². The van der Waals surface area contributed by atoms with E-state index in [-0.39, 0.29) is 5.69 Å². The highest BCUT2D eigenvalue weighted by Crippen LogP contribution is 2.09. The highest BCUT2D eigenvalue weighted by Gasteiger charge is 2.06. The molecule has 2 N–H and O–H groups in total. The lowest BCUT2D eigenvalue weighted by Gasteiger charge is -2.05. The predicted octanol–water partition coefficient (Wildman–Crippen LogP) is 1.52. The van der Waals surface area contributed by atoms with Gasteiger partial charge in [0, 0.05) is 13.0 Å². The molecule has 0 atom stereocenters. The summed E-state index contributed by atoms with van der Waals surface area (Å²) in [7, 11) is 0. The first-order valence-electron chi connectivity index (χ1n) is 4.53. The summed E-state index contributed by atoms with van der Waals surface area (Å²) in [5.41, 5.74) is 0.892. The number of anilines is 1. The third kappa shape index (κ3) is 3.31. The van der Waals surface area contributed by atoms with Crippen molar-refractivity contribution in [1.82, 2.24) is 4.98 Å². The Morgan fingerprint density at radius 2 is 2.40 bits per heavy atom. The summed E-state index contributed by atoms with van der Waals surface area (Å²) in [4.78, 5) is 14.6. The second-order valence-electron chi connectivity index (χ2n) is 3.10. The molecule has 1 aromatic heterocycles. The van der Waals surface area contributed by atoms with E-state index >= 15 is 0 Å². The monoisotopic (exact) mass is 204 g/mol. The van der Waals surface area contributed by atoms with Gasteiger partial charge in [-0.15, -0.1) is 12.3 Å². The van der Waals surface area contributed by atoms with Crippen molar-refractivity contribution in [2.24, 2.45) is 0 Å². The number of aromatic carboxylic acids is 1. The van der Waals surface area contributed by atoms with Crippen LogP contribution in [0.5, 0.6) is 0 Å². The first-order valence-corrected chi connectivity index (χ1v) is 4.53. The first-order chi connectivity index (χ1) is 7.13. The fourth-order valence-corrected chi connectivity index (χ4v) is 1.13. The number of nitrogens with zero attached hydrogens (tertiary/aromatic N) is 1. The normalized spacial score (nSPS) is 9.33. The highest BCUT2D eigenvalue weighted by molar-refractivity contribution is 5.86. The number of terminal acetylenes is 1. The Hall–Kier alpha value is -2.02. The van der Waals surface area contributed by atoms with Crippen LogP contribution in [0, 0.1) is 19.3 Å². The molecule has 1 aromatic rings. The standard InChI is InChI=1S/C11H12N2O2/c1-3-4-5-12-10-7-8(2)6-9(13-10)11(14)15/h1,6-7H,4-5H2,2H3,(H,12,13)(H,14,15). The van der Waals surface area contributed by atoms with Crippen LogP contribution in [-0.2, 0) is 0 Å². The average Bonchev–Trinajstić information content (AvgIpc) is 2.17. The third-order valence-electron chi connectivity index (χ3n) is 1.76. The molecule has 1 heterocycles. The van der Waals surface area contributed by atoms with E-state index in [0.29, 0.717) is 18.8 Å². The molecule has 4 heteroatoms. The molecular weight excluding hydrogens is 192 g/mol. The number of pyridine rings is 1. The van der Waals surface area contributed by atoms with Crippen LogP contribution in [0.1, 0.15) is 22.5 Å². The minimum absolute atomic E-state index is 0.0400. The van der Waals surface area contributed by atoms with Crippen LogP contribution in [0.4, 0.5) is 5.82 Å². The molecule has 0 spiro atoms. The maximum Gasteiger partial charge on any atom is 0.354 e. The summed E-state index contributed by atoms with van der Waals surface area (Å²) >= 11 is 0. The maximum absolute atomic E-state index is 10.7. The quantitative estimate of drug-likeness (QED) is 0.576. The summed E-state index contributed by atoms with van der Waals surface area (Å²) < 4.78 is 0. The second-order valence-corrected chi connectivity index (χ2v) is 3.10. The zero-order chi connectivity index (χ0) is 11.3. The van der Waals surface area contributed by atoms with E-state index in [9.17, 15) is 4.79 Å². The number of carbonyl (C=O) groups is 1. The maximum atomic E-state index is 10.7. The van der Waals surface area contributed by atoms with Gasteiger partial charge >= 0.3 is 5.97 Å². The van der Waals surface area contributed by atoms with Crippen LogP contribution in [0.15, 0.2) is 12.1 Å². The van der Waals surface area contributed by atoms with Crippen LogP contribution >= 0.6 is 0 Å². The molecule has 0 aliphatic heterocycles. The summed E-state index contributed by atoms with van der Waals surface area (Å²) in [6.45, 7) is 2.41. The molecule has 0 saturated carbocycles. The van der Waals surface area contributed by atoms with Crippen molar-refractivity contribution in [1.29, 1.82) is 0 Å². The number of aromatic nitrogens is 1. The van der Waals surface area contributed by atoms with Gasteiger partial charge < -0.3 is 10.4 Å². The van der Waals surface area contributed by atoms with Crippen LogP contribution < -0.4 is 5.32 Å². The molecule has 1 rings (SSSR count). The van der Waals surface area contributed by atoms with Crippen LogP contribution in [0.3, 0.4) is 0 Å². The van der Waals surface area contributed by atoms with Crippen molar-refractivity contribution in [2.75, 3.05) is 11.9 Å². The highest BCUT2D eigenvalue weighted by atomic mass is 16.4. The lowest BCUT2D eigenvalue weighted by molar-refractivity contribution is 0.0690. The van der Waals surface area contributed by atoms with E-state index in [2.05, 4.69) is 16.2 Å². The van der Waals surface area contributed by atoms with Gasteiger partial charge in [-0.2, -0.15) is 0 Å². The van der Waals surface area contributed by atoms with Gasteiger partial charge in [-0.3, -0.25) is 0 Å². The summed E-state index contributed by atoms with van der Waals surface area (Å²) in [6, 6.07) is 3.30. The number of hydrogen-bond acceptors (Lipinski definition) is 3. The molecule has 4 nitrogen and oxygen atoms in total. The van der Waals surface area contributed by atoms with Gasteiger partial charge in [0.15, 0.2) is 5.69 Å². The molecule has 0 fully saturated rings. The van der Waals surface area contributed by atoms with Gasteiger partial charge in [-0.25, -0.2) is 9.78 Å². The van der Waals surface area contributed by atoms with Crippen molar-refractivity contribution in [3.63, 3.8) is 0 Å². The Labute approximate surface area is 88.3 Å². The molecule has 0 radical (unpaired) electrons. The van der Waals surface area contributed by atoms with Crippen LogP contribution in [0.25, 0.3) is 0 Å². The van der Waals surface area contributed by atoms with Gasteiger partial charge in [0.2, 0.25) is 0 Å². The summed E-state index contributed by atoms with van der Waals surface area (Å²) in [5.74, 6) is 2.00. The molecular formula is C11H12N2O2. The largest absolute Gasteiger partial charge is 0.477 e. The number of hydrogen-bond donors (Lipinski definition) is 2. The van der Waals surface area contributed by atoms with Gasteiger partial charge in [0.05, 0.1) is 0 Å². The van der Waals surface area contributed by atoms with Crippen molar-refractivity contribution >= 4 is 11.8 Å². The van der Waals surface area contributed by atoms with Crippen molar-refractivity contribution in [2.45, 2.75) is 13.3 Å². The number of carboxylic acids is 1. The first kappa shape index (κ1) is 11.1. The molecule has 0 saturated heterocycles. The Morgan fingerprint density at radius 1 is 1.67 bits per heavy atom. The molecule has 0 aliphatic rings. The predicted molar refractivity (Wildman–Crippen MR) is 57.9 cm³/mol. The number of aryl methyl sites for hydroxylation is 1. The van der Waals surface area contributed by atoms with E-state index in [1.165, 1.54) is 6.07 Å². The Kier molecular flexibility index (Phi) is 3.69. The van der Waals surface area contributed by atoms with E-state index in [0.717, 1.165) is 5.56 Å². The van der Waals surface area contributed by atoms with E-state index in [4.69, 9.17) is 11.5 Å². The van der Waals surface area contributed by atoms with E-state index < -0.39 is 5.97 Å². The molecule has 0 aromatic carbocycles. The Morgan fingerprint density at radius 3 is 3.00 bits per heavy atom. The minimum atomic E-state index is -1.03. The average molecular weight is 204 g/mol. The van der Waals surface area contributed by atoms with E-state index in [1.54, 1.807) is 6.07 Å². The van der Waals surface area contributed by atoms with Crippen LogP contribution in [-0.4, -0.2) is 22.6 Å². The lowest BCUT2D eigenvalue weighted by Crippen LogP contribution is -2.07. The number of rotatable bonds is 4. The third-order valence-corrected chi connectivity index (χ3v) is 1.76. The molecule has 0 amide bonds. The SMILES string of the molecule is C#CCCNc1cc(C)cc(C(=O)O)n1. The lowest BCUT2D eigenvalue weighted by atomic mass is 10.2. The Balaban J connectivity index is 2.80. The topological polar surface area (TPSA) is 62.2 Å². The van der Waals surface area contributed by atoms with Crippen molar-refractivity contribution < 1.29 is 9.90 Å². The second kappa shape index (κ2) is 5.01. The van der Waals surface area contributed by atoms with Gasteiger partial charge in [-0.05, 0) is 24.6 Å². The molecule has 0 bridgehead atoms. The summed E-state index contributed by atoms with van der Waals surface area (Å²) in [6.07, 6.45) is 5.68. The molecule has 0 aliphatic carbocycles. The smallest absolute Gasteiger partial charge is 0.354 e. The molecule has 15 heavy (non-hydrogen) atoms. The summed E-state index contributed by atoms with van der Waals surface area (Å²) in [5, 5.41) is 11.7. The van der Waals surface area contributed by atoms with Gasteiger partial charge in [-0.1, -0.05) is 0 Å². The molecule has 78 valence electrons. The fraction of sp³-hybridized carbons (Fsp3) is 0.273. The number of carboxylic acid groups (broad SMARTS) is 1. The Bertz CT molecular complexity index is 408. The zero-order valence-corrected chi connectivity index (χ0v) is 8.45.